The molecule has 190 valence electrons. The number of alkyl carbamates (subject to hydrolysis) is 1. The van der Waals surface area contributed by atoms with Crippen LogP contribution in [0.2, 0.25) is 0 Å². The number of aliphatic carboxylic acids is 1. The van der Waals surface area contributed by atoms with Gasteiger partial charge in [-0.15, -0.1) is 0 Å². The Kier molecular flexibility index (Phi) is 10.3. The molecule has 4 unspecified atom stereocenters. The van der Waals surface area contributed by atoms with Gasteiger partial charge < -0.3 is 36.6 Å². The van der Waals surface area contributed by atoms with Gasteiger partial charge in [0.2, 0.25) is 11.8 Å². The molecule has 11 heteroatoms. The summed E-state index contributed by atoms with van der Waals surface area (Å²) in [6.45, 7) is 9.65. The van der Waals surface area contributed by atoms with Crippen molar-refractivity contribution in [2.45, 2.75) is 78.1 Å². The van der Waals surface area contributed by atoms with Gasteiger partial charge in [-0.3, -0.25) is 14.4 Å². The number of phenolic OH excluding ortho intramolecular Hbond substituents is 1. The van der Waals surface area contributed by atoms with E-state index in [0.717, 1.165) is 0 Å². The van der Waals surface area contributed by atoms with Gasteiger partial charge in [-0.1, -0.05) is 13.0 Å². The summed E-state index contributed by atoms with van der Waals surface area (Å²) in [6.07, 6.45) is -0.324. The number of phenols is 1. The summed E-state index contributed by atoms with van der Waals surface area (Å²) in [5, 5.41) is 27.2. The molecule has 0 aliphatic rings. The first-order valence-electron chi connectivity index (χ1n) is 11.0. The molecule has 0 aromatic heterocycles. The molecular formula is C23H36N4O7. The van der Waals surface area contributed by atoms with Crippen molar-refractivity contribution in [3.05, 3.63) is 23.8 Å². The molecule has 1 aromatic carbocycles. The summed E-state index contributed by atoms with van der Waals surface area (Å²) in [7, 11) is 0. The number of carboxylic acids is 1. The maximum Gasteiger partial charge on any atom is 0.407 e. The van der Waals surface area contributed by atoms with E-state index < -0.39 is 53.5 Å². The number of nitrogens with one attached hydrogen (secondary N) is 3. The van der Waals surface area contributed by atoms with Gasteiger partial charge in [-0.05, 0) is 65.2 Å². The zero-order valence-electron chi connectivity index (χ0n) is 20.5. The van der Waals surface area contributed by atoms with E-state index in [9.17, 15) is 29.4 Å². The fourth-order valence-corrected chi connectivity index (χ4v) is 2.94. The van der Waals surface area contributed by atoms with Crippen molar-refractivity contribution in [1.29, 1.82) is 0 Å². The van der Waals surface area contributed by atoms with Gasteiger partial charge in [0.1, 0.15) is 17.4 Å². The van der Waals surface area contributed by atoms with Crippen LogP contribution < -0.4 is 21.7 Å². The summed E-state index contributed by atoms with van der Waals surface area (Å²) < 4.78 is 5.28. The van der Waals surface area contributed by atoms with Gasteiger partial charge in [-0.2, -0.15) is 0 Å². The van der Waals surface area contributed by atoms with Crippen molar-refractivity contribution in [3.63, 3.8) is 0 Å². The Morgan fingerprint density at radius 2 is 1.68 bits per heavy atom. The number of amides is 3. The van der Waals surface area contributed by atoms with Gasteiger partial charge in [0.25, 0.3) is 0 Å². The number of rotatable bonds is 10. The van der Waals surface area contributed by atoms with Crippen LogP contribution >= 0.6 is 0 Å². The highest BCUT2D eigenvalue weighted by Crippen LogP contribution is 2.26. The number of hydrogen-bond donors (Lipinski definition) is 6. The monoisotopic (exact) mass is 480 g/mol. The van der Waals surface area contributed by atoms with E-state index in [1.807, 2.05) is 0 Å². The van der Waals surface area contributed by atoms with Gasteiger partial charge in [0, 0.05) is 6.04 Å². The second kappa shape index (κ2) is 12.2. The third-order valence-electron chi connectivity index (χ3n) is 4.75. The van der Waals surface area contributed by atoms with Crippen LogP contribution in [0.1, 0.15) is 53.5 Å². The molecule has 0 bridgehead atoms. The Hall–Kier alpha value is -3.34. The first-order chi connectivity index (χ1) is 15.6. The molecule has 0 spiro atoms. The van der Waals surface area contributed by atoms with Gasteiger partial charge in [-0.25, -0.2) is 4.79 Å². The van der Waals surface area contributed by atoms with E-state index in [0.29, 0.717) is 5.56 Å². The first kappa shape index (κ1) is 28.7. The third kappa shape index (κ3) is 10.1. The van der Waals surface area contributed by atoms with E-state index >= 15 is 0 Å². The van der Waals surface area contributed by atoms with Gasteiger partial charge in [0.15, 0.2) is 0 Å². The van der Waals surface area contributed by atoms with Crippen LogP contribution in [0.4, 0.5) is 10.5 Å². The van der Waals surface area contributed by atoms with E-state index in [1.54, 1.807) is 26.8 Å². The maximum atomic E-state index is 12.4. The quantitative estimate of drug-likeness (QED) is 0.274. The van der Waals surface area contributed by atoms with Crippen molar-refractivity contribution < 1.29 is 34.1 Å². The normalized spacial score (nSPS) is 14.8. The molecule has 0 heterocycles. The largest absolute Gasteiger partial charge is 0.506 e. The van der Waals surface area contributed by atoms with E-state index in [2.05, 4.69) is 16.0 Å². The molecule has 0 saturated carbocycles. The van der Waals surface area contributed by atoms with Crippen molar-refractivity contribution in [1.82, 2.24) is 10.6 Å². The number of ether oxygens (including phenoxy) is 1. The van der Waals surface area contributed by atoms with E-state index in [1.165, 1.54) is 32.9 Å². The number of anilines is 1. The number of aromatic hydroxyl groups is 1. The lowest BCUT2D eigenvalue weighted by atomic mass is 9.96. The zero-order valence-corrected chi connectivity index (χ0v) is 20.5. The zero-order chi connectivity index (χ0) is 26.2. The molecule has 7 N–H and O–H groups in total. The molecule has 0 aliphatic heterocycles. The van der Waals surface area contributed by atoms with Crippen molar-refractivity contribution >= 4 is 29.6 Å². The number of carbonyl (C=O) groups excluding carboxylic acids is 3. The number of benzene rings is 1. The second-order valence-corrected chi connectivity index (χ2v) is 9.38. The fourth-order valence-electron chi connectivity index (χ4n) is 2.94. The molecule has 0 radical (unpaired) electrons. The van der Waals surface area contributed by atoms with E-state index in [4.69, 9.17) is 10.5 Å². The van der Waals surface area contributed by atoms with Crippen molar-refractivity contribution in [2.24, 2.45) is 11.7 Å². The molecule has 3 amide bonds. The van der Waals surface area contributed by atoms with Crippen LogP contribution in [0.25, 0.3) is 0 Å². The highest BCUT2D eigenvalue weighted by molar-refractivity contribution is 5.98. The summed E-state index contributed by atoms with van der Waals surface area (Å²) in [5.74, 6) is -2.99. The standard InChI is InChI=1S/C23H36N4O7/c1-12(21(31)32)9-16(26-22(33)34-23(4,5)6)10-15-7-8-18(28)17(11-15)27-20(30)14(3)25-19(29)13(2)24/h7-8,11-14,16,28H,9-10,24H2,1-6H3,(H,25,29)(H,26,33)(H,27,30)(H,31,32). The minimum absolute atomic E-state index is 0.103. The minimum atomic E-state index is -1.00. The van der Waals surface area contributed by atoms with Crippen molar-refractivity contribution in [2.75, 3.05) is 5.32 Å². The highest BCUT2D eigenvalue weighted by atomic mass is 16.6. The number of carbonyl (C=O) groups is 4. The molecule has 1 rings (SSSR count). The summed E-state index contributed by atoms with van der Waals surface area (Å²) >= 11 is 0. The third-order valence-corrected chi connectivity index (χ3v) is 4.75. The van der Waals surface area contributed by atoms with Crippen LogP contribution in [0.3, 0.4) is 0 Å². The number of nitrogens with two attached hydrogens (primary N) is 1. The molecule has 0 fully saturated rings. The SMILES string of the molecule is CC(N)C(=O)NC(C)C(=O)Nc1cc(CC(CC(C)C(=O)O)NC(=O)OC(C)(C)C)ccc1O. The Labute approximate surface area is 199 Å². The van der Waals surface area contributed by atoms with Crippen LogP contribution in [-0.2, 0) is 25.5 Å². The Balaban J connectivity index is 3.00. The molecule has 0 aliphatic carbocycles. The fraction of sp³-hybridized carbons (Fsp3) is 0.565. The van der Waals surface area contributed by atoms with E-state index in [-0.39, 0.29) is 24.3 Å². The average Bonchev–Trinajstić information content (AvgIpc) is 2.68. The number of carboxylic acid groups (broad SMARTS) is 1. The second-order valence-electron chi connectivity index (χ2n) is 9.38. The molecule has 34 heavy (non-hydrogen) atoms. The predicted octanol–water partition coefficient (Wildman–Crippen LogP) is 1.73. The van der Waals surface area contributed by atoms with Crippen LogP contribution in [0.15, 0.2) is 18.2 Å². The summed E-state index contributed by atoms with van der Waals surface area (Å²) in [4.78, 5) is 47.8. The molecule has 11 nitrogen and oxygen atoms in total. The minimum Gasteiger partial charge on any atom is -0.506 e. The van der Waals surface area contributed by atoms with Crippen molar-refractivity contribution in [3.8, 4) is 5.75 Å². The maximum absolute atomic E-state index is 12.4. The van der Waals surface area contributed by atoms with Crippen LogP contribution in [-0.4, -0.2) is 57.8 Å². The summed E-state index contributed by atoms with van der Waals surface area (Å²) in [6, 6.07) is 2.22. The lowest BCUT2D eigenvalue weighted by Crippen LogP contribution is -2.47. The van der Waals surface area contributed by atoms with Crippen LogP contribution in [0.5, 0.6) is 5.75 Å². The molecule has 0 saturated heterocycles. The predicted molar refractivity (Wildman–Crippen MR) is 126 cm³/mol. The topological polar surface area (TPSA) is 180 Å². The Morgan fingerprint density at radius 3 is 2.21 bits per heavy atom. The molecular weight excluding hydrogens is 444 g/mol. The smallest absolute Gasteiger partial charge is 0.407 e. The summed E-state index contributed by atoms with van der Waals surface area (Å²) in [5.41, 5.74) is 5.49. The molecule has 1 aromatic rings. The lowest BCUT2D eigenvalue weighted by Gasteiger charge is -2.25. The van der Waals surface area contributed by atoms with Crippen LogP contribution in [0, 0.1) is 5.92 Å². The highest BCUT2D eigenvalue weighted by Gasteiger charge is 2.24. The average molecular weight is 481 g/mol. The van der Waals surface area contributed by atoms with Gasteiger partial charge in [0.05, 0.1) is 17.6 Å². The number of hydrogen-bond acceptors (Lipinski definition) is 7. The Bertz CT molecular complexity index is 896. The lowest BCUT2D eigenvalue weighted by molar-refractivity contribution is -0.141. The van der Waals surface area contributed by atoms with Gasteiger partial charge >= 0.3 is 12.1 Å². The molecule has 4 atom stereocenters. The first-order valence-corrected chi connectivity index (χ1v) is 11.0. The Morgan fingerprint density at radius 1 is 1.06 bits per heavy atom.